The van der Waals surface area contributed by atoms with Gasteiger partial charge in [0.1, 0.15) is 0 Å². The Morgan fingerprint density at radius 1 is 1.04 bits per heavy atom. The van der Waals surface area contributed by atoms with Crippen molar-refractivity contribution in [2.45, 2.75) is 25.4 Å². The van der Waals surface area contributed by atoms with Gasteiger partial charge in [-0.2, -0.15) is 5.10 Å². The van der Waals surface area contributed by atoms with Crippen LogP contribution in [-0.2, 0) is 9.59 Å². The molecule has 6 nitrogen and oxygen atoms in total. The predicted molar refractivity (Wildman–Crippen MR) is 103 cm³/mol. The first-order valence-corrected chi connectivity index (χ1v) is 9.06. The third-order valence-electron chi connectivity index (χ3n) is 4.44. The fourth-order valence-electron chi connectivity index (χ4n) is 2.91. The summed E-state index contributed by atoms with van der Waals surface area (Å²) in [5, 5.41) is 18.5. The summed E-state index contributed by atoms with van der Waals surface area (Å²) in [5.74, 6) is -0.426. The molecule has 140 valence electrons. The molecular formula is C21H23N3O3. The highest BCUT2D eigenvalue weighted by atomic mass is 16.3. The number of nitrogens with one attached hydrogen (secondary N) is 1. The predicted octanol–water partition coefficient (Wildman–Crippen LogP) is 2.25. The summed E-state index contributed by atoms with van der Waals surface area (Å²) in [6.07, 6.45) is 0.124. The van der Waals surface area contributed by atoms with Gasteiger partial charge in [-0.15, -0.1) is 0 Å². The largest absolute Gasteiger partial charge is 0.387 e. The summed E-state index contributed by atoms with van der Waals surface area (Å²) < 4.78 is 0. The molecule has 1 aliphatic rings. The Morgan fingerprint density at radius 2 is 1.70 bits per heavy atom. The number of benzene rings is 2. The minimum atomic E-state index is -0.762. The molecule has 0 aromatic heterocycles. The van der Waals surface area contributed by atoms with Crippen molar-refractivity contribution in [3.05, 3.63) is 71.8 Å². The summed E-state index contributed by atoms with van der Waals surface area (Å²) in [5.41, 5.74) is 2.65. The molecule has 27 heavy (non-hydrogen) atoms. The van der Waals surface area contributed by atoms with Gasteiger partial charge in [0.15, 0.2) is 0 Å². The van der Waals surface area contributed by atoms with Crippen LogP contribution in [-0.4, -0.2) is 40.7 Å². The first-order chi connectivity index (χ1) is 13.1. The number of rotatable bonds is 7. The van der Waals surface area contributed by atoms with E-state index in [2.05, 4.69) is 10.4 Å². The molecule has 0 spiro atoms. The third kappa shape index (κ3) is 5.24. The molecule has 0 radical (unpaired) electrons. The molecule has 1 unspecified atom stereocenters. The maximum Gasteiger partial charge on any atom is 0.243 e. The van der Waals surface area contributed by atoms with Crippen molar-refractivity contribution in [2.24, 2.45) is 5.10 Å². The van der Waals surface area contributed by atoms with E-state index >= 15 is 0 Å². The van der Waals surface area contributed by atoms with E-state index in [0.29, 0.717) is 13.0 Å². The molecule has 2 amide bonds. The van der Waals surface area contributed by atoms with E-state index in [4.69, 9.17) is 0 Å². The standard InChI is InChI=1S/C21H23N3O3/c25-19(17-9-5-2-6-10-17)15-22-20(26)11-12-21(27)24-14-13-18(23-24)16-7-3-1-4-8-16/h1-10,19,25H,11-15H2,(H,22,26). The number of hydrogen-bond donors (Lipinski definition) is 2. The van der Waals surface area contributed by atoms with Crippen LogP contribution in [0, 0.1) is 0 Å². The van der Waals surface area contributed by atoms with E-state index in [-0.39, 0.29) is 31.2 Å². The number of aliphatic hydroxyl groups excluding tert-OH is 1. The highest BCUT2D eigenvalue weighted by Crippen LogP contribution is 2.15. The zero-order chi connectivity index (χ0) is 19.1. The van der Waals surface area contributed by atoms with Gasteiger partial charge in [0.25, 0.3) is 0 Å². The van der Waals surface area contributed by atoms with Crippen LogP contribution in [0.2, 0.25) is 0 Å². The lowest BCUT2D eigenvalue weighted by Crippen LogP contribution is -2.30. The summed E-state index contributed by atoms with van der Waals surface area (Å²) in [6.45, 7) is 0.661. The molecule has 1 heterocycles. The van der Waals surface area contributed by atoms with Gasteiger partial charge >= 0.3 is 0 Å². The van der Waals surface area contributed by atoms with Gasteiger partial charge in [0.05, 0.1) is 18.4 Å². The van der Waals surface area contributed by atoms with Crippen LogP contribution in [0.4, 0.5) is 0 Å². The van der Waals surface area contributed by atoms with Gasteiger partial charge in [-0.3, -0.25) is 9.59 Å². The van der Waals surface area contributed by atoms with E-state index in [9.17, 15) is 14.7 Å². The molecule has 6 heteroatoms. The highest BCUT2D eigenvalue weighted by molar-refractivity contribution is 6.02. The van der Waals surface area contributed by atoms with Gasteiger partial charge in [0.2, 0.25) is 11.8 Å². The second-order valence-corrected chi connectivity index (χ2v) is 6.41. The molecular weight excluding hydrogens is 342 g/mol. The van der Waals surface area contributed by atoms with E-state index in [1.165, 1.54) is 5.01 Å². The maximum atomic E-state index is 12.3. The first-order valence-electron chi connectivity index (χ1n) is 9.06. The second kappa shape index (κ2) is 9.09. The minimum Gasteiger partial charge on any atom is -0.387 e. The van der Waals surface area contributed by atoms with Crippen LogP contribution in [0.5, 0.6) is 0 Å². The molecule has 1 atom stereocenters. The van der Waals surface area contributed by atoms with Crippen LogP contribution in [0.15, 0.2) is 65.8 Å². The Bertz CT molecular complexity index is 806. The van der Waals surface area contributed by atoms with Crippen molar-refractivity contribution in [1.29, 1.82) is 0 Å². The Kier molecular flexibility index (Phi) is 6.33. The summed E-state index contributed by atoms with van der Waals surface area (Å²) in [4.78, 5) is 24.2. The average molecular weight is 365 g/mol. The molecule has 1 aliphatic heterocycles. The monoisotopic (exact) mass is 365 g/mol. The molecule has 0 bridgehead atoms. The van der Waals surface area contributed by atoms with Crippen molar-refractivity contribution in [1.82, 2.24) is 10.3 Å². The number of carbonyl (C=O) groups is 2. The zero-order valence-electron chi connectivity index (χ0n) is 15.0. The quantitative estimate of drug-likeness (QED) is 0.790. The van der Waals surface area contributed by atoms with E-state index < -0.39 is 6.10 Å². The third-order valence-corrected chi connectivity index (χ3v) is 4.44. The Balaban J connectivity index is 1.42. The van der Waals surface area contributed by atoms with E-state index in [0.717, 1.165) is 16.8 Å². The highest BCUT2D eigenvalue weighted by Gasteiger charge is 2.22. The number of amides is 2. The lowest BCUT2D eigenvalue weighted by molar-refractivity contribution is -0.133. The summed E-state index contributed by atoms with van der Waals surface area (Å²) in [6, 6.07) is 18.9. The topological polar surface area (TPSA) is 82.0 Å². The summed E-state index contributed by atoms with van der Waals surface area (Å²) in [7, 11) is 0. The van der Waals surface area contributed by atoms with E-state index in [1.54, 1.807) is 12.1 Å². The molecule has 2 aromatic carbocycles. The Morgan fingerprint density at radius 3 is 2.41 bits per heavy atom. The lowest BCUT2D eigenvalue weighted by atomic mass is 10.1. The van der Waals surface area contributed by atoms with Crippen LogP contribution < -0.4 is 5.32 Å². The first kappa shape index (κ1) is 18.8. The fourth-order valence-corrected chi connectivity index (χ4v) is 2.91. The number of carbonyl (C=O) groups excluding carboxylic acids is 2. The SMILES string of the molecule is O=C(CCC(=O)N1CCC(c2ccccc2)=N1)NCC(O)c1ccccc1. The van der Waals surface area contributed by atoms with Crippen LogP contribution >= 0.6 is 0 Å². The van der Waals surface area contributed by atoms with E-state index in [1.807, 2.05) is 48.5 Å². The number of aliphatic hydroxyl groups is 1. The van der Waals surface area contributed by atoms with Gasteiger partial charge < -0.3 is 10.4 Å². The van der Waals surface area contributed by atoms with Crippen LogP contribution in [0.1, 0.15) is 36.5 Å². The molecule has 2 N–H and O–H groups in total. The van der Waals surface area contributed by atoms with Gasteiger partial charge in [-0.25, -0.2) is 5.01 Å². The maximum absolute atomic E-state index is 12.3. The van der Waals surface area contributed by atoms with Crippen LogP contribution in [0.3, 0.4) is 0 Å². The number of nitrogens with zero attached hydrogens (tertiary/aromatic N) is 2. The second-order valence-electron chi connectivity index (χ2n) is 6.41. The molecule has 2 aromatic rings. The average Bonchev–Trinajstić information content (AvgIpc) is 3.22. The number of hydrogen-bond acceptors (Lipinski definition) is 4. The van der Waals surface area contributed by atoms with Crippen molar-refractivity contribution < 1.29 is 14.7 Å². The zero-order valence-corrected chi connectivity index (χ0v) is 15.0. The van der Waals surface area contributed by atoms with Crippen molar-refractivity contribution in [3.63, 3.8) is 0 Å². The Hall–Kier alpha value is -2.99. The van der Waals surface area contributed by atoms with Crippen molar-refractivity contribution >= 4 is 17.5 Å². The summed E-state index contributed by atoms with van der Waals surface area (Å²) >= 11 is 0. The minimum absolute atomic E-state index is 0.0764. The van der Waals surface area contributed by atoms with Crippen molar-refractivity contribution in [3.8, 4) is 0 Å². The molecule has 0 fully saturated rings. The molecule has 0 saturated carbocycles. The van der Waals surface area contributed by atoms with Gasteiger partial charge in [0, 0.05) is 25.8 Å². The lowest BCUT2D eigenvalue weighted by Gasteiger charge is -2.13. The fraction of sp³-hybridized carbons (Fsp3) is 0.286. The normalized spacial score (nSPS) is 14.6. The molecule has 3 rings (SSSR count). The van der Waals surface area contributed by atoms with Crippen LogP contribution in [0.25, 0.3) is 0 Å². The molecule has 0 aliphatic carbocycles. The van der Waals surface area contributed by atoms with Crippen molar-refractivity contribution in [2.75, 3.05) is 13.1 Å². The molecule has 0 saturated heterocycles. The van der Waals surface area contributed by atoms with Gasteiger partial charge in [-0.05, 0) is 11.1 Å². The number of hydrazone groups is 1. The Labute approximate surface area is 158 Å². The van der Waals surface area contributed by atoms with Gasteiger partial charge in [-0.1, -0.05) is 60.7 Å². The smallest absolute Gasteiger partial charge is 0.243 e.